The Labute approximate surface area is 172 Å². The van der Waals surface area contributed by atoms with Gasteiger partial charge in [0.25, 0.3) is 0 Å². The molecule has 0 amide bonds. The van der Waals surface area contributed by atoms with Crippen molar-refractivity contribution in [2.75, 3.05) is 7.11 Å². The molecule has 0 aliphatic carbocycles. The lowest BCUT2D eigenvalue weighted by atomic mass is 10.3. The molecule has 0 unspecified atom stereocenters. The van der Waals surface area contributed by atoms with E-state index in [1.807, 2.05) is 41.8 Å². The summed E-state index contributed by atoms with van der Waals surface area (Å²) in [5.41, 5.74) is 2.51. The number of nitrogens with zero attached hydrogens (tertiary/aromatic N) is 7. The third kappa shape index (κ3) is 4.09. The number of methoxy groups -OCH3 is 1. The monoisotopic (exact) mass is 405 g/mol. The van der Waals surface area contributed by atoms with Crippen LogP contribution in [0.3, 0.4) is 0 Å². The first-order valence-electron chi connectivity index (χ1n) is 9.06. The van der Waals surface area contributed by atoms with Crippen LogP contribution in [-0.4, -0.2) is 41.8 Å². The van der Waals surface area contributed by atoms with Crippen LogP contribution in [-0.2, 0) is 6.42 Å². The van der Waals surface area contributed by atoms with E-state index in [9.17, 15) is 0 Å². The normalized spacial score (nSPS) is 10.9. The lowest BCUT2D eigenvalue weighted by Gasteiger charge is -2.11. The Kier molecular flexibility index (Phi) is 5.48. The van der Waals surface area contributed by atoms with E-state index < -0.39 is 0 Å². The maximum atomic E-state index is 5.28. The third-order valence-electron chi connectivity index (χ3n) is 4.18. The van der Waals surface area contributed by atoms with Gasteiger partial charge in [-0.2, -0.15) is 0 Å². The SMILES string of the molecule is CCc1cc(Sc2nnc(-c3cnccn3)n2-c2ccc(OC)cc2)nc(C)n1. The van der Waals surface area contributed by atoms with Crippen molar-refractivity contribution in [1.29, 1.82) is 0 Å². The molecule has 0 spiro atoms. The molecule has 8 nitrogen and oxygen atoms in total. The average Bonchev–Trinajstić information content (AvgIpc) is 3.17. The van der Waals surface area contributed by atoms with Crippen LogP contribution in [0.25, 0.3) is 17.2 Å². The van der Waals surface area contributed by atoms with Crippen molar-refractivity contribution in [2.45, 2.75) is 30.5 Å². The molecule has 0 saturated carbocycles. The predicted octanol–water partition coefficient (Wildman–Crippen LogP) is 3.54. The molecule has 0 atom stereocenters. The predicted molar refractivity (Wildman–Crippen MR) is 109 cm³/mol. The Balaban J connectivity index is 1.81. The second kappa shape index (κ2) is 8.36. The zero-order chi connectivity index (χ0) is 20.2. The molecule has 0 bridgehead atoms. The number of rotatable bonds is 6. The van der Waals surface area contributed by atoms with Crippen LogP contribution in [0.4, 0.5) is 0 Å². The van der Waals surface area contributed by atoms with Crippen LogP contribution in [0.5, 0.6) is 5.75 Å². The van der Waals surface area contributed by atoms with Crippen molar-refractivity contribution in [3.05, 3.63) is 60.4 Å². The van der Waals surface area contributed by atoms with Gasteiger partial charge in [-0.05, 0) is 55.4 Å². The summed E-state index contributed by atoms with van der Waals surface area (Å²) < 4.78 is 7.22. The fraction of sp³-hybridized carbons (Fsp3) is 0.200. The van der Waals surface area contributed by atoms with Gasteiger partial charge in [0, 0.05) is 18.1 Å². The average molecular weight is 405 g/mol. The van der Waals surface area contributed by atoms with E-state index in [4.69, 9.17) is 4.74 Å². The summed E-state index contributed by atoms with van der Waals surface area (Å²) in [6, 6.07) is 9.68. The smallest absolute Gasteiger partial charge is 0.202 e. The molecule has 0 aliphatic rings. The van der Waals surface area contributed by atoms with Crippen molar-refractivity contribution in [2.24, 2.45) is 0 Å². The highest BCUT2D eigenvalue weighted by atomic mass is 32.2. The Morgan fingerprint density at radius 1 is 1.07 bits per heavy atom. The molecule has 0 aliphatic heterocycles. The van der Waals surface area contributed by atoms with Crippen molar-refractivity contribution in [3.63, 3.8) is 0 Å². The molecule has 3 aromatic heterocycles. The van der Waals surface area contributed by atoms with Crippen molar-refractivity contribution in [3.8, 4) is 23.0 Å². The van der Waals surface area contributed by atoms with Gasteiger partial charge in [-0.15, -0.1) is 10.2 Å². The second-order valence-electron chi connectivity index (χ2n) is 6.13. The number of hydrogen-bond donors (Lipinski definition) is 0. The maximum absolute atomic E-state index is 5.28. The van der Waals surface area contributed by atoms with E-state index in [0.717, 1.165) is 34.4 Å². The Bertz CT molecular complexity index is 1110. The fourth-order valence-electron chi connectivity index (χ4n) is 2.81. The second-order valence-corrected chi connectivity index (χ2v) is 7.12. The lowest BCUT2D eigenvalue weighted by molar-refractivity contribution is 0.414. The van der Waals surface area contributed by atoms with Gasteiger partial charge in [0.15, 0.2) is 5.82 Å². The van der Waals surface area contributed by atoms with Crippen LogP contribution in [0, 0.1) is 6.92 Å². The zero-order valence-electron chi connectivity index (χ0n) is 16.3. The van der Waals surface area contributed by atoms with E-state index in [-0.39, 0.29) is 0 Å². The highest BCUT2D eigenvalue weighted by Crippen LogP contribution is 2.31. The molecule has 4 rings (SSSR count). The van der Waals surface area contributed by atoms with E-state index in [1.165, 1.54) is 11.8 Å². The van der Waals surface area contributed by atoms with Gasteiger partial charge in [-0.1, -0.05) is 6.92 Å². The third-order valence-corrected chi connectivity index (χ3v) is 5.05. The van der Waals surface area contributed by atoms with Crippen molar-refractivity contribution < 1.29 is 4.74 Å². The summed E-state index contributed by atoms with van der Waals surface area (Å²) >= 11 is 1.44. The van der Waals surface area contributed by atoms with E-state index in [2.05, 4.69) is 37.1 Å². The van der Waals surface area contributed by atoms with Gasteiger partial charge in [0.2, 0.25) is 5.16 Å². The maximum Gasteiger partial charge on any atom is 0.202 e. The molecule has 4 aromatic rings. The molecular formula is C20H19N7OS. The molecule has 0 saturated heterocycles. The number of ether oxygens (including phenoxy) is 1. The lowest BCUT2D eigenvalue weighted by Crippen LogP contribution is -2.02. The number of aryl methyl sites for hydroxylation is 2. The van der Waals surface area contributed by atoms with E-state index in [1.54, 1.807) is 25.7 Å². The van der Waals surface area contributed by atoms with Gasteiger partial charge in [-0.3, -0.25) is 9.55 Å². The molecule has 146 valence electrons. The van der Waals surface area contributed by atoms with Gasteiger partial charge in [-0.25, -0.2) is 15.0 Å². The fourth-order valence-corrected chi connectivity index (χ4v) is 3.73. The van der Waals surface area contributed by atoms with Crippen LogP contribution < -0.4 is 4.74 Å². The summed E-state index contributed by atoms with van der Waals surface area (Å²) in [5, 5.41) is 10.3. The van der Waals surface area contributed by atoms with Crippen LogP contribution in [0.15, 0.2) is 59.1 Å². The highest BCUT2D eigenvalue weighted by molar-refractivity contribution is 7.99. The minimum atomic E-state index is 0.604. The Morgan fingerprint density at radius 2 is 1.90 bits per heavy atom. The van der Waals surface area contributed by atoms with Gasteiger partial charge in [0.05, 0.1) is 19.0 Å². The Morgan fingerprint density at radius 3 is 2.59 bits per heavy atom. The van der Waals surface area contributed by atoms with Crippen LogP contribution in [0.2, 0.25) is 0 Å². The molecule has 0 radical (unpaired) electrons. The molecule has 1 aromatic carbocycles. The minimum Gasteiger partial charge on any atom is -0.497 e. The highest BCUT2D eigenvalue weighted by Gasteiger charge is 2.19. The summed E-state index contributed by atoms with van der Waals surface area (Å²) in [6.45, 7) is 3.96. The number of hydrogen-bond acceptors (Lipinski definition) is 8. The summed E-state index contributed by atoms with van der Waals surface area (Å²) in [5.74, 6) is 2.11. The Hall–Kier alpha value is -3.33. The number of benzene rings is 1. The van der Waals surface area contributed by atoms with Crippen LogP contribution in [0.1, 0.15) is 18.4 Å². The first-order chi connectivity index (χ1) is 14.2. The molecule has 9 heteroatoms. The minimum absolute atomic E-state index is 0.604. The van der Waals surface area contributed by atoms with Crippen molar-refractivity contribution >= 4 is 11.8 Å². The van der Waals surface area contributed by atoms with Crippen LogP contribution >= 0.6 is 11.8 Å². The van der Waals surface area contributed by atoms with E-state index >= 15 is 0 Å². The van der Waals surface area contributed by atoms with Crippen molar-refractivity contribution in [1.82, 2.24) is 34.7 Å². The quantitative estimate of drug-likeness (QED) is 0.450. The molecule has 0 fully saturated rings. The van der Waals surface area contributed by atoms with Gasteiger partial charge in [0.1, 0.15) is 22.3 Å². The molecule has 0 N–H and O–H groups in total. The summed E-state index contributed by atoms with van der Waals surface area (Å²) in [4.78, 5) is 17.5. The molecule has 29 heavy (non-hydrogen) atoms. The summed E-state index contributed by atoms with van der Waals surface area (Å²) in [7, 11) is 1.64. The topological polar surface area (TPSA) is 91.5 Å². The van der Waals surface area contributed by atoms with Gasteiger partial charge >= 0.3 is 0 Å². The summed E-state index contributed by atoms with van der Waals surface area (Å²) in [6.07, 6.45) is 5.77. The first kappa shape index (κ1) is 19.0. The zero-order valence-corrected chi connectivity index (χ0v) is 17.1. The largest absolute Gasteiger partial charge is 0.497 e. The molecule has 3 heterocycles. The standard InChI is InChI=1S/C20H19N7OS/c1-4-14-11-18(24-13(2)23-14)29-20-26-25-19(17-12-21-9-10-22-17)27(20)15-5-7-16(28-3)8-6-15/h5-12H,4H2,1-3H3. The van der Waals surface area contributed by atoms with Gasteiger partial charge < -0.3 is 4.74 Å². The van der Waals surface area contributed by atoms with E-state index in [0.29, 0.717) is 16.7 Å². The molecular weight excluding hydrogens is 386 g/mol. The number of aromatic nitrogens is 7. The first-order valence-corrected chi connectivity index (χ1v) is 9.88.